The molecule has 32 heavy (non-hydrogen) atoms. The quantitative estimate of drug-likeness (QED) is 0.303. The van der Waals surface area contributed by atoms with Gasteiger partial charge in [-0.05, 0) is 57.4 Å². The number of benzene rings is 2. The number of hydrogen-bond acceptors (Lipinski definition) is 5. The highest BCUT2D eigenvalue weighted by atomic mass is 16.5. The van der Waals surface area contributed by atoms with Crippen molar-refractivity contribution >= 4 is 5.91 Å². The van der Waals surface area contributed by atoms with Gasteiger partial charge in [-0.15, -0.1) is 0 Å². The average Bonchev–Trinajstić information content (AvgIpc) is 2.79. The van der Waals surface area contributed by atoms with E-state index in [9.17, 15) is 10.1 Å². The third kappa shape index (κ3) is 7.35. The molecule has 0 aromatic heterocycles. The zero-order valence-electron chi connectivity index (χ0n) is 19.4. The minimum atomic E-state index is -0.279. The van der Waals surface area contributed by atoms with Crippen LogP contribution in [0.1, 0.15) is 38.8 Å². The first-order valence-electron chi connectivity index (χ1n) is 11.1. The van der Waals surface area contributed by atoms with Gasteiger partial charge in [0.15, 0.2) is 11.5 Å². The van der Waals surface area contributed by atoms with E-state index in [2.05, 4.69) is 5.32 Å². The molecule has 0 saturated carbocycles. The highest BCUT2D eigenvalue weighted by Crippen LogP contribution is 2.28. The molecule has 0 unspecified atom stereocenters. The fourth-order valence-corrected chi connectivity index (χ4v) is 3.21. The summed E-state index contributed by atoms with van der Waals surface area (Å²) in [6.07, 6.45) is 2.23. The molecular formula is C26H33N3O3. The van der Waals surface area contributed by atoms with E-state index >= 15 is 0 Å². The van der Waals surface area contributed by atoms with Gasteiger partial charge in [-0.1, -0.05) is 36.4 Å². The highest BCUT2D eigenvalue weighted by Gasteiger charge is 2.21. The van der Waals surface area contributed by atoms with Gasteiger partial charge in [-0.3, -0.25) is 4.79 Å². The summed E-state index contributed by atoms with van der Waals surface area (Å²) in [5.41, 5.74) is 2.20. The van der Waals surface area contributed by atoms with Crippen LogP contribution in [0.2, 0.25) is 0 Å². The van der Waals surface area contributed by atoms with Crippen molar-refractivity contribution in [3.8, 4) is 17.6 Å². The van der Waals surface area contributed by atoms with E-state index in [1.54, 1.807) is 4.90 Å². The number of carbonyl (C=O) groups excluding carboxylic acids is 1. The van der Waals surface area contributed by atoms with E-state index < -0.39 is 0 Å². The number of nitrogens with one attached hydrogen (secondary N) is 1. The molecule has 0 spiro atoms. The summed E-state index contributed by atoms with van der Waals surface area (Å²) in [5.74, 6) is 1.18. The van der Waals surface area contributed by atoms with Crippen LogP contribution in [0.25, 0.3) is 0 Å². The zero-order chi connectivity index (χ0) is 23.3. The fraction of sp³-hybridized carbons (Fsp3) is 0.385. The summed E-state index contributed by atoms with van der Waals surface area (Å²) < 4.78 is 11.3. The van der Waals surface area contributed by atoms with Gasteiger partial charge in [-0.2, -0.15) is 5.26 Å². The van der Waals surface area contributed by atoms with Gasteiger partial charge in [0.1, 0.15) is 11.6 Å². The Morgan fingerprint density at radius 1 is 1.06 bits per heavy atom. The Labute approximate surface area is 191 Å². The van der Waals surface area contributed by atoms with E-state index in [4.69, 9.17) is 9.47 Å². The maximum Gasteiger partial charge on any atom is 0.266 e. The topological polar surface area (TPSA) is 74.6 Å². The number of carbonyl (C=O) groups is 1. The lowest BCUT2D eigenvalue weighted by Crippen LogP contribution is -2.37. The Morgan fingerprint density at radius 3 is 2.38 bits per heavy atom. The molecule has 0 saturated heterocycles. The summed E-state index contributed by atoms with van der Waals surface area (Å²) in [4.78, 5) is 14.7. The second kappa shape index (κ2) is 13.1. The Balaban J connectivity index is 2.00. The molecule has 2 rings (SSSR count). The Morgan fingerprint density at radius 2 is 1.75 bits per heavy atom. The van der Waals surface area contributed by atoms with Crippen molar-refractivity contribution in [1.82, 2.24) is 10.2 Å². The summed E-state index contributed by atoms with van der Waals surface area (Å²) in [5, 5.41) is 12.7. The Bertz CT molecular complexity index is 933. The molecule has 6 heteroatoms. The second-order valence-corrected chi connectivity index (χ2v) is 7.53. The molecule has 0 fully saturated rings. The molecule has 6 nitrogen and oxygen atoms in total. The van der Waals surface area contributed by atoms with Gasteiger partial charge in [0, 0.05) is 25.3 Å². The molecule has 2 aromatic carbocycles. The van der Waals surface area contributed by atoms with Crippen LogP contribution < -0.4 is 14.8 Å². The predicted molar refractivity (Wildman–Crippen MR) is 126 cm³/mol. The largest absolute Gasteiger partial charge is 0.490 e. The molecule has 0 heterocycles. The zero-order valence-corrected chi connectivity index (χ0v) is 19.4. The van der Waals surface area contributed by atoms with E-state index in [1.165, 1.54) is 6.20 Å². The number of nitriles is 1. The van der Waals surface area contributed by atoms with Crippen LogP contribution in [0, 0.1) is 11.3 Å². The van der Waals surface area contributed by atoms with E-state index in [0.29, 0.717) is 32.7 Å². The SMILES string of the molecule is CCOc1ccc(CCN/C=C(/C#N)C(=O)N(Cc2ccccc2)C(C)C)cc1OCC. The highest BCUT2D eigenvalue weighted by molar-refractivity contribution is 5.97. The minimum Gasteiger partial charge on any atom is -0.490 e. The molecule has 0 aliphatic heterocycles. The molecule has 170 valence electrons. The molecule has 2 aromatic rings. The van der Waals surface area contributed by atoms with Gasteiger partial charge in [0.05, 0.1) is 13.2 Å². The van der Waals surface area contributed by atoms with E-state index in [1.807, 2.05) is 82.3 Å². The van der Waals surface area contributed by atoms with Crippen LogP contribution >= 0.6 is 0 Å². The van der Waals surface area contributed by atoms with Gasteiger partial charge in [0.2, 0.25) is 0 Å². The summed E-state index contributed by atoms with van der Waals surface area (Å²) in [7, 11) is 0. The lowest BCUT2D eigenvalue weighted by Gasteiger charge is -2.26. The lowest BCUT2D eigenvalue weighted by atomic mass is 10.1. The van der Waals surface area contributed by atoms with Crippen LogP contribution in [0.15, 0.2) is 60.3 Å². The fourth-order valence-electron chi connectivity index (χ4n) is 3.21. The van der Waals surface area contributed by atoms with Crippen LogP contribution in [-0.2, 0) is 17.8 Å². The van der Waals surface area contributed by atoms with Crippen molar-refractivity contribution in [2.75, 3.05) is 19.8 Å². The standard InChI is InChI=1S/C26H33N3O3/c1-5-31-24-13-12-21(16-25(24)32-6-2)14-15-28-18-23(17-27)26(30)29(20(3)4)19-22-10-8-7-9-11-22/h7-13,16,18,20,28H,5-6,14-15,19H2,1-4H3/b23-18-. The van der Waals surface area contributed by atoms with Gasteiger partial charge in [-0.25, -0.2) is 0 Å². The Hall–Kier alpha value is -3.46. The van der Waals surface area contributed by atoms with Crippen molar-refractivity contribution in [1.29, 1.82) is 5.26 Å². The number of nitrogens with zero attached hydrogens (tertiary/aromatic N) is 2. The van der Waals surface area contributed by atoms with Crippen molar-refractivity contribution in [3.63, 3.8) is 0 Å². The third-order valence-electron chi connectivity index (χ3n) is 4.84. The van der Waals surface area contributed by atoms with Crippen LogP contribution in [0.4, 0.5) is 0 Å². The maximum absolute atomic E-state index is 13.0. The lowest BCUT2D eigenvalue weighted by molar-refractivity contribution is -0.129. The van der Waals surface area contributed by atoms with Crippen molar-refractivity contribution < 1.29 is 14.3 Å². The first-order chi connectivity index (χ1) is 15.5. The van der Waals surface area contributed by atoms with Gasteiger partial charge < -0.3 is 19.7 Å². The molecule has 1 amide bonds. The number of amides is 1. The molecule has 0 atom stereocenters. The molecular weight excluding hydrogens is 402 g/mol. The predicted octanol–water partition coefficient (Wildman–Crippen LogP) is 4.46. The first-order valence-corrected chi connectivity index (χ1v) is 11.1. The van der Waals surface area contributed by atoms with Crippen molar-refractivity contribution in [2.24, 2.45) is 0 Å². The molecule has 0 radical (unpaired) electrons. The number of hydrogen-bond donors (Lipinski definition) is 1. The normalized spacial score (nSPS) is 11.1. The van der Waals surface area contributed by atoms with Crippen LogP contribution in [-0.4, -0.2) is 36.6 Å². The third-order valence-corrected chi connectivity index (χ3v) is 4.84. The van der Waals surface area contributed by atoms with Gasteiger partial charge in [0.25, 0.3) is 5.91 Å². The van der Waals surface area contributed by atoms with E-state index in [-0.39, 0.29) is 17.5 Å². The number of rotatable bonds is 12. The second-order valence-electron chi connectivity index (χ2n) is 7.53. The smallest absolute Gasteiger partial charge is 0.266 e. The number of ether oxygens (including phenoxy) is 2. The van der Waals surface area contributed by atoms with Gasteiger partial charge >= 0.3 is 0 Å². The molecule has 0 aliphatic carbocycles. The van der Waals surface area contributed by atoms with Crippen LogP contribution in [0.5, 0.6) is 11.5 Å². The average molecular weight is 436 g/mol. The van der Waals surface area contributed by atoms with Crippen LogP contribution in [0.3, 0.4) is 0 Å². The van der Waals surface area contributed by atoms with Crippen molar-refractivity contribution in [2.45, 2.75) is 46.7 Å². The minimum absolute atomic E-state index is 0.0275. The summed E-state index contributed by atoms with van der Waals surface area (Å²) in [6, 6.07) is 17.7. The molecule has 0 bridgehead atoms. The molecule has 0 aliphatic rings. The molecule has 1 N–H and O–H groups in total. The Kier molecular flexibility index (Phi) is 10.1. The summed E-state index contributed by atoms with van der Waals surface area (Å²) in [6.45, 7) is 9.96. The van der Waals surface area contributed by atoms with Crippen molar-refractivity contribution in [3.05, 3.63) is 71.4 Å². The monoisotopic (exact) mass is 435 g/mol. The maximum atomic E-state index is 13.0. The first kappa shape index (κ1) is 24.8. The van der Waals surface area contributed by atoms with E-state index in [0.717, 1.165) is 22.6 Å². The summed E-state index contributed by atoms with van der Waals surface area (Å²) >= 11 is 0.